The number of H-pyrrole nitrogens is 1. The normalized spacial score (nSPS) is 10.8. The molecule has 0 aliphatic rings. The molecule has 0 aliphatic carbocycles. The van der Waals surface area contributed by atoms with E-state index in [1.165, 1.54) is 5.56 Å². The lowest BCUT2D eigenvalue weighted by Gasteiger charge is -2.24. The first-order valence-electron chi connectivity index (χ1n) is 11.2. The number of halogens is 1. The molecule has 4 aromatic rings. The van der Waals surface area contributed by atoms with E-state index in [4.69, 9.17) is 0 Å². The number of aromatic nitrogens is 4. The summed E-state index contributed by atoms with van der Waals surface area (Å²) in [5.41, 5.74) is 3.65. The number of rotatable bonds is 10. The molecule has 0 fully saturated rings. The zero-order chi connectivity index (χ0) is 23.8. The Labute approximate surface area is 207 Å². The van der Waals surface area contributed by atoms with Crippen LogP contribution in [0, 0.1) is 6.92 Å². The Morgan fingerprint density at radius 2 is 1.79 bits per heavy atom. The molecule has 4 rings (SSSR count). The van der Waals surface area contributed by atoms with Gasteiger partial charge in [-0.05, 0) is 58.6 Å². The molecule has 0 amide bonds. The van der Waals surface area contributed by atoms with Crippen LogP contribution in [0.25, 0.3) is 0 Å². The number of aromatic amines is 1. The minimum atomic E-state index is -0.136. The molecule has 0 spiro atoms. The highest BCUT2D eigenvalue weighted by Gasteiger charge is 2.09. The number of pyridine rings is 2. The third-order valence-corrected chi connectivity index (χ3v) is 5.86. The van der Waals surface area contributed by atoms with Crippen LogP contribution in [-0.2, 0) is 13.0 Å². The number of aryl methyl sites for hydroxylation is 1. The SMILES string of the molecule is Cc1ccc(Cc2cnc(NCCCN(Cc3ccccc3)c3ccc(Br)cn3)[nH]c2=O)cn1. The van der Waals surface area contributed by atoms with Crippen molar-refractivity contribution in [3.63, 3.8) is 0 Å². The van der Waals surface area contributed by atoms with E-state index in [1.807, 2.05) is 55.6 Å². The van der Waals surface area contributed by atoms with Gasteiger partial charge in [-0.2, -0.15) is 0 Å². The van der Waals surface area contributed by atoms with Crippen molar-refractivity contribution in [1.82, 2.24) is 19.9 Å². The van der Waals surface area contributed by atoms with Crippen molar-refractivity contribution in [1.29, 1.82) is 0 Å². The molecule has 34 heavy (non-hydrogen) atoms. The van der Waals surface area contributed by atoms with Gasteiger partial charge in [0, 0.05) is 60.4 Å². The number of hydrogen-bond donors (Lipinski definition) is 2. The number of anilines is 2. The summed E-state index contributed by atoms with van der Waals surface area (Å²) in [5, 5.41) is 3.23. The Bertz CT molecular complexity index is 1240. The minimum absolute atomic E-state index is 0.136. The average molecular weight is 519 g/mol. The van der Waals surface area contributed by atoms with Gasteiger partial charge in [-0.1, -0.05) is 36.4 Å². The van der Waals surface area contributed by atoms with Crippen LogP contribution < -0.4 is 15.8 Å². The standard InChI is InChI=1S/C26H27BrN6O/c1-19-8-9-21(15-29-19)14-22-16-31-26(32-25(22)34)28-12-5-13-33(18-20-6-3-2-4-7-20)24-11-10-23(27)17-30-24/h2-4,6-11,15-17H,5,12-14,18H2,1H3,(H2,28,31,32,34). The van der Waals surface area contributed by atoms with Crippen molar-refractivity contribution in [3.05, 3.63) is 110 Å². The summed E-state index contributed by atoms with van der Waals surface area (Å²) in [5.74, 6) is 1.40. The number of nitrogens with zero attached hydrogens (tertiary/aromatic N) is 4. The van der Waals surface area contributed by atoms with Crippen molar-refractivity contribution in [2.75, 3.05) is 23.3 Å². The van der Waals surface area contributed by atoms with E-state index in [1.54, 1.807) is 12.4 Å². The fourth-order valence-corrected chi connectivity index (χ4v) is 3.80. The summed E-state index contributed by atoms with van der Waals surface area (Å²) in [6.07, 6.45) is 6.60. The zero-order valence-electron chi connectivity index (χ0n) is 19.0. The molecule has 1 aromatic carbocycles. The molecule has 2 N–H and O–H groups in total. The molecule has 0 radical (unpaired) electrons. The molecule has 8 heteroatoms. The first-order chi connectivity index (χ1) is 16.6. The van der Waals surface area contributed by atoms with Gasteiger partial charge < -0.3 is 10.2 Å². The summed E-state index contributed by atoms with van der Waals surface area (Å²) >= 11 is 3.45. The lowest BCUT2D eigenvalue weighted by molar-refractivity contribution is 0.734. The Morgan fingerprint density at radius 3 is 2.50 bits per heavy atom. The van der Waals surface area contributed by atoms with Crippen LogP contribution in [0.4, 0.5) is 11.8 Å². The first-order valence-corrected chi connectivity index (χ1v) is 12.0. The smallest absolute Gasteiger partial charge is 0.255 e. The maximum absolute atomic E-state index is 12.5. The van der Waals surface area contributed by atoms with Crippen molar-refractivity contribution in [3.8, 4) is 0 Å². The van der Waals surface area contributed by atoms with E-state index >= 15 is 0 Å². The summed E-state index contributed by atoms with van der Waals surface area (Å²) in [6.45, 7) is 4.19. The van der Waals surface area contributed by atoms with E-state index in [0.29, 0.717) is 24.5 Å². The monoisotopic (exact) mass is 518 g/mol. The largest absolute Gasteiger partial charge is 0.356 e. The van der Waals surface area contributed by atoms with E-state index in [0.717, 1.165) is 41.1 Å². The third kappa shape index (κ3) is 6.74. The van der Waals surface area contributed by atoms with Crippen molar-refractivity contribution in [2.24, 2.45) is 0 Å². The molecule has 0 saturated carbocycles. The van der Waals surface area contributed by atoms with Gasteiger partial charge in [0.25, 0.3) is 5.56 Å². The Morgan fingerprint density at radius 1 is 0.941 bits per heavy atom. The van der Waals surface area contributed by atoms with Gasteiger partial charge in [-0.3, -0.25) is 14.8 Å². The molecule has 0 saturated heterocycles. The van der Waals surface area contributed by atoms with Gasteiger partial charge in [0.1, 0.15) is 5.82 Å². The highest BCUT2D eigenvalue weighted by Crippen LogP contribution is 2.18. The van der Waals surface area contributed by atoms with E-state index < -0.39 is 0 Å². The quantitative estimate of drug-likeness (QED) is 0.295. The molecule has 0 bridgehead atoms. The summed E-state index contributed by atoms with van der Waals surface area (Å²) in [4.78, 5) is 30.8. The van der Waals surface area contributed by atoms with Crippen LogP contribution in [-0.4, -0.2) is 33.0 Å². The van der Waals surface area contributed by atoms with Gasteiger partial charge >= 0.3 is 0 Å². The van der Waals surface area contributed by atoms with Crippen LogP contribution >= 0.6 is 15.9 Å². The lowest BCUT2D eigenvalue weighted by Crippen LogP contribution is -2.26. The van der Waals surface area contributed by atoms with Crippen LogP contribution in [0.2, 0.25) is 0 Å². The molecule has 7 nitrogen and oxygen atoms in total. The van der Waals surface area contributed by atoms with E-state index in [9.17, 15) is 4.79 Å². The van der Waals surface area contributed by atoms with E-state index in [-0.39, 0.29) is 5.56 Å². The van der Waals surface area contributed by atoms with Crippen molar-refractivity contribution in [2.45, 2.75) is 26.3 Å². The van der Waals surface area contributed by atoms with Crippen molar-refractivity contribution < 1.29 is 0 Å². The highest BCUT2D eigenvalue weighted by atomic mass is 79.9. The number of nitrogens with one attached hydrogen (secondary N) is 2. The molecular formula is C26H27BrN6O. The Hall–Kier alpha value is -3.52. The molecule has 0 atom stereocenters. The number of hydrogen-bond acceptors (Lipinski definition) is 6. The van der Waals surface area contributed by atoms with Gasteiger partial charge in [0.15, 0.2) is 0 Å². The summed E-state index contributed by atoms with van der Waals surface area (Å²) < 4.78 is 0.953. The van der Waals surface area contributed by atoms with E-state index in [2.05, 4.69) is 58.2 Å². The maximum Gasteiger partial charge on any atom is 0.255 e. The second kappa shape index (κ2) is 11.6. The van der Waals surface area contributed by atoms with Crippen LogP contribution in [0.3, 0.4) is 0 Å². The molecule has 0 aliphatic heterocycles. The molecule has 3 aromatic heterocycles. The molecule has 0 unspecified atom stereocenters. The maximum atomic E-state index is 12.5. The van der Waals surface area contributed by atoms with Gasteiger partial charge in [0.2, 0.25) is 5.95 Å². The van der Waals surface area contributed by atoms with Crippen LogP contribution in [0.5, 0.6) is 0 Å². The Kier molecular flexibility index (Phi) is 8.04. The average Bonchev–Trinajstić information content (AvgIpc) is 2.85. The number of benzene rings is 1. The van der Waals surface area contributed by atoms with Gasteiger partial charge in [0.05, 0.1) is 0 Å². The molecule has 174 valence electrons. The highest BCUT2D eigenvalue weighted by molar-refractivity contribution is 9.10. The fraction of sp³-hybridized carbons (Fsp3) is 0.231. The van der Waals surface area contributed by atoms with Crippen LogP contribution in [0.15, 0.2) is 82.5 Å². The second-order valence-corrected chi connectivity index (χ2v) is 9.01. The summed E-state index contributed by atoms with van der Waals surface area (Å²) in [7, 11) is 0. The van der Waals surface area contributed by atoms with Gasteiger partial charge in [-0.15, -0.1) is 0 Å². The van der Waals surface area contributed by atoms with Crippen LogP contribution in [0.1, 0.15) is 28.8 Å². The topological polar surface area (TPSA) is 86.8 Å². The Balaban J connectivity index is 1.33. The first kappa shape index (κ1) is 23.6. The minimum Gasteiger partial charge on any atom is -0.356 e. The third-order valence-electron chi connectivity index (χ3n) is 5.39. The summed E-state index contributed by atoms with van der Waals surface area (Å²) in [6, 6.07) is 18.3. The predicted molar refractivity (Wildman–Crippen MR) is 139 cm³/mol. The predicted octanol–water partition coefficient (Wildman–Crippen LogP) is 4.73. The van der Waals surface area contributed by atoms with Crippen molar-refractivity contribution >= 4 is 27.7 Å². The fourth-order valence-electron chi connectivity index (χ4n) is 3.57. The molecule has 3 heterocycles. The molecular weight excluding hydrogens is 492 g/mol. The zero-order valence-corrected chi connectivity index (χ0v) is 20.6. The lowest BCUT2D eigenvalue weighted by atomic mass is 10.1. The second-order valence-electron chi connectivity index (χ2n) is 8.09. The van der Waals surface area contributed by atoms with Gasteiger partial charge in [-0.25, -0.2) is 9.97 Å².